The van der Waals surface area contributed by atoms with Gasteiger partial charge in [0.25, 0.3) is 0 Å². The Labute approximate surface area is 151 Å². The molecule has 2 aromatic rings. The van der Waals surface area contributed by atoms with E-state index in [9.17, 15) is 14.4 Å². The van der Waals surface area contributed by atoms with E-state index in [1.54, 1.807) is 50.4 Å². The Morgan fingerprint density at radius 3 is 2.35 bits per heavy atom. The molecule has 0 saturated carbocycles. The summed E-state index contributed by atoms with van der Waals surface area (Å²) in [6, 6.07) is 11.6. The number of carbonyl (C=O) groups is 3. The number of nitrogens with one attached hydrogen (secondary N) is 1. The third-order valence-corrected chi connectivity index (χ3v) is 3.97. The van der Waals surface area contributed by atoms with E-state index in [2.05, 4.69) is 5.32 Å². The molecule has 0 radical (unpaired) electrons. The lowest BCUT2D eigenvalue weighted by atomic mass is 10.0. The molecule has 6 heteroatoms. The van der Waals surface area contributed by atoms with Crippen molar-refractivity contribution in [3.63, 3.8) is 0 Å². The maximum absolute atomic E-state index is 12.1. The maximum atomic E-state index is 12.1. The number of rotatable bonds is 8. The van der Waals surface area contributed by atoms with Gasteiger partial charge in [-0.1, -0.05) is 6.07 Å². The number of hydrogen-bond donors (Lipinski definition) is 2. The SMILES string of the molecule is COc1ccc(C(=O)CCCC(=O)Nc2ccc(C)c(C(=O)O)c2)cc1. The van der Waals surface area contributed by atoms with Crippen LogP contribution in [-0.4, -0.2) is 29.9 Å². The number of ether oxygens (including phenoxy) is 1. The Bertz CT molecular complexity index is 811. The van der Waals surface area contributed by atoms with Gasteiger partial charge in [0.15, 0.2) is 5.78 Å². The summed E-state index contributed by atoms with van der Waals surface area (Å²) in [6.45, 7) is 1.69. The van der Waals surface area contributed by atoms with E-state index in [-0.39, 0.29) is 30.1 Å². The van der Waals surface area contributed by atoms with Crippen molar-refractivity contribution in [2.75, 3.05) is 12.4 Å². The fourth-order valence-corrected chi connectivity index (χ4v) is 2.48. The first-order valence-electron chi connectivity index (χ1n) is 8.21. The highest BCUT2D eigenvalue weighted by molar-refractivity contribution is 5.97. The van der Waals surface area contributed by atoms with E-state index in [1.165, 1.54) is 6.07 Å². The van der Waals surface area contributed by atoms with E-state index in [0.29, 0.717) is 29.0 Å². The van der Waals surface area contributed by atoms with E-state index in [1.807, 2.05) is 0 Å². The quantitative estimate of drug-likeness (QED) is 0.705. The Balaban J connectivity index is 1.84. The predicted molar refractivity (Wildman–Crippen MR) is 97.9 cm³/mol. The van der Waals surface area contributed by atoms with Crippen molar-refractivity contribution >= 4 is 23.3 Å². The standard InChI is InChI=1S/C20H21NO5/c1-13-6-9-15(12-17(13)20(24)25)21-19(23)5-3-4-18(22)14-7-10-16(26-2)11-8-14/h6-12H,3-5H2,1-2H3,(H,21,23)(H,24,25). The Kier molecular flexibility index (Phi) is 6.49. The summed E-state index contributed by atoms with van der Waals surface area (Å²) >= 11 is 0. The molecular weight excluding hydrogens is 334 g/mol. The summed E-state index contributed by atoms with van der Waals surface area (Å²) in [5.41, 5.74) is 1.79. The number of carboxylic acid groups (broad SMARTS) is 1. The molecule has 2 aromatic carbocycles. The highest BCUT2D eigenvalue weighted by Gasteiger charge is 2.11. The summed E-state index contributed by atoms with van der Waals surface area (Å²) < 4.78 is 5.05. The predicted octanol–water partition coefficient (Wildman–Crippen LogP) is 3.69. The third kappa shape index (κ3) is 5.17. The van der Waals surface area contributed by atoms with Crippen LogP contribution in [0.2, 0.25) is 0 Å². The van der Waals surface area contributed by atoms with Gasteiger partial charge in [-0.2, -0.15) is 0 Å². The minimum absolute atomic E-state index is 0.0380. The van der Waals surface area contributed by atoms with Gasteiger partial charge in [-0.25, -0.2) is 4.79 Å². The van der Waals surface area contributed by atoms with Crippen LogP contribution in [0.5, 0.6) is 5.75 Å². The van der Waals surface area contributed by atoms with Gasteiger partial charge in [0.05, 0.1) is 12.7 Å². The Hall–Kier alpha value is -3.15. The fraction of sp³-hybridized carbons (Fsp3) is 0.250. The molecule has 0 aliphatic carbocycles. The Morgan fingerprint density at radius 2 is 1.73 bits per heavy atom. The fourth-order valence-electron chi connectivity index (χ4n) is 2.48. The molecule has 6 nitrogen and oxygen atoms in total. The lowest BCUT2D eigenvalue weighted by Crippen LogP contribution is -2.13. The molecule has 2 rings (SSSR count). The number of ketones is 1. The number of amides is 1. The molecule has 0 aliphatic heterocycles. The van der Waals surface area contributed by atoms with Crippen LogP contribution < -0.4 is 10.1 Å². The molecule has 0 atom stereocenters. The largest absolute Gasteiger partial charge is 0.497 e. The number of benzene rings is 2. The normalized spacial score (nSPS) is 10.2. The van der Waals surface area contributed by atoms with Crippen LogP contribution in [0, 0.1) is 6.92 Å². The number of Topliss-reactive ketones (excluding diaryl/α,β-unsaturated/α-hetero) is 1. The smallest absolute Gasteiger partial charge is 0.336 e. The van der Waals surface area contributed by atoms with Gasteiger partial charge >= 0.3 is 5.97 Å². The lowest BCUT2D eigenvalue weighted by Gasteiger charge is -2.08. The third-order valence-electron chi connectivity index (χ3n) is 3.97. The minimum Gasteiger partial charge on any atom is -0.497 e. The van der Waals surface area contributed by atoms with Crippen molar-refractivity contribution in [1.82, 2.24) is 0 Å². The van der Waals surface area contributed by atoms with Crippen LogP contribution in [0.25, 0.3) is 0 Å². The van der Waals surface area contributed by atoms with Crippen molar-refractivity contribution in [2.45, 2.75) is 26.2 Å². The molecule has 0 aromatic heterocycles. The van der Waals surface area contributed by atoms with Crippen molar-refractivity contribution in [2.24, 2.45) is 0 Å². The van der Waals surface area contributed by atoms with Gasteiger partial charge in [0.2, 0.25) is 5.91 Å². The molecular formula is C20H21NO5. The van der Waals surface area contributed by atoms with Gasteiger partial charge in [-0.3, -0.25) is 9.59 Å². The number of methoxy groups -OCH3 is 1. The zero-order valence-corrected chi connectivity index (χ0v) is 14.7. The summed E-state index contributed by atoms with van der Waals surface area (Å²) in [4.78, 5) is 35.2. The van der Waals surface area contributed by atoms with Gasteiger partial charge in [-0.05, 0) is 55.3 Å². The first-order valence-corrected chi connectivity index (χ1v) is 8.21. The maximum Gasteiger partial charge on any atom is 0.336 e. The first-order chi connectivity index (χ1) is 12.4. The average Bonchev–Trinajstić information content (AvgIpc) is 2.63. The molecule has 0 fully saturated rings. The second kappa shape index (κ2) is 8.80. The zero-order valence-electron chi connectivity index (χ0n) is 14.7. The molecule has 1 amide bonds. The van der Waals surface area contributed by atoms with Crippen LogP contribution in [0.3, 0.4) is 0 Å². The number of aryl methyl sites for hydroxylation is 1. The highest BCUT2D eigenvalue weighted by atomic mass is 16.5. The molecule has 26 heavy (non-hydrogen) atoms. The van der Waals surface area contributed by atoms with Gasteiger partial charge in [-0.15, -0.1) is 0 Å². The molecule has 0 unspecified atom stereocenters. The molecule has 2 N–H and O–H groups in total. The van der Waals surface area contributed by atoms with Crippen LogP contribution in [-0.2, 0) is 4.79 Å². The molecule has 0 heterocycles. The van der Waals surface area contributed by atoms with Crippen LogP contribution in [0.1, 0.15) is 45.5 Å². The number of aromatic carboxylic acids is 1. The second-order valence-electron chi connectivity index (χ2n) is 5.89. The van der Waals surface area contributed by atoms with Crippen molar-refractivity contribution in [1.29, 1.82) is 0 Å². The van der Waals surface area contributed by atoms with Crippen molar-refractivity contribution < 1.29 is 24.2 Å². The Morgan fingerprint density at radius 1 is 1.04 bits per heavy atom. The van der Waals surface area contributed by atoms with Gasteiger partial charge in [0.1, 0.15) is 5.75 Å². The molecule has 136 valence electrons. The average molecular weight is 355 g/mol. The summed E-state index contributed by atoms with van der Waals surface area (Å²) in [7, 11) is 1.56. The lowest BCUT2D eigenvalue weighted by molar-refractivity contribution is -0.116. The molecule has 0 bridgehead atoms. The zero-order chi connectivity index (χ0) is 19.1. The van der Waals surface area contributed by atoms with Crippen LogP contribution >= 0.6 is 0 Å². The first kappa shape index (κ1) is 19.2. The highest BCUT2D eigenvalue weighted by Crippen LogP contribution is 2.17. The number of carboxylic acids is 1. The molecule has 0 aliphatic rings. The molecule has 0 saturated heterocycles. The van der Waals surface area contributed by atoms with E-state index >= 15 is 0 Å². The summed E-state index contributed by atoms with van der Waals surface area (Å²) in [6.07, 6.45) is 0.848. The summed E-state index contributed by atoms with van der Waals surface area (Å²) in [5.74, 6) is -0.653. The van der Waals surface area contributed by atoms with Crippen LogP contribution in [0.4, 0.5) is 5.69 Å². The van der Waals surface area contributed by atoms with Crippen LogP contribution in [0.15, 0.2) is 42.5 Å². The summed E-state index contributed by atoms with van der Waals surface area (Å²) in [5, 5.41) is 11.8. The van der Waals surface area contributed by atoms with E-state index in [4.69, 9.17) is 9.84 Å². The van der Waals surface area contributed by atoms with Crippen molar-refractivity contribution in [3.05, 3.63) is 59.2 Å². The number of anilines is 1. The molecule has 0 spiro atoms. The number of hydrogen-bond acceptors (Lipinski definition) is 4. The second-order valence-corrected chi connectivity index (χ2v) is 5.89. The van der Waals surface area contributed by atoms with E-state index < -0.39 is 5.97 Å². The minimum atomic E-state index is -1.04. The van der Waals surface area contributed by atoms with Gasteiger partial charge < -0.3 is 15.2 Å². The van der Waals surface area contributed by atoms with E-state index in [0.717, 1.165) is 0 Å². The number of carbonyl (C=O) groups excluding carboxylic acids is 2. The van der Waals surface area contributed by atoms with Gasteiger partial charge in [0, 0.05) is 24.1 Å². The monoisotopic (exact) mass is 355 g/mol. The topological polar surface area (TPSA) is 92.7 Å². The van der Waals surface area contributed by atoms with Crippen molar-refractivity contribution in [3.8, 4) is 5.75 Å².